The Balaban J connectivity index is 1.26. The van der Waals surface area contributed by atoms with Crippen LogP contribution in [-0.4, -0.2) is 38.7 Å². The van der Waals surface area contributed by atoms with Gasteiger partial charge in [-0.3, -0.25) is 14.9 Å². The average molecular weight is 452 g/mol. The third-order valence-corrected chi connectivity index (χ3v) is 6.22. The van der Waals surface area contributed by atoms with Gasteiger partial charge in [0.1, 0.15) is 0 Å². The smallest absolute Gasteiger partial charge is 0.173 e. The Morgan fingerprint density at radius 1 is 0.935 bits per heavy atom. The van der Waals surface area contributed by atoms with Crippen LogP contribution in [0.2, 0.25) is 10.0 Å². The second-order valence-electron chi connectivity index (χ2n) is 8.12. The highest BCUT2D eigenvalue weighted by Gasteiger charge is 2.20. The van der Waals surface area contributed by atoms with E-state index in [2.05, 4.69) is 25.9 Å². The van der Waals surface area contributed by atoms with Gasteiger partial charge in [0.2, 0.25) is 0 Å². The van der Waals surface area contributed by atoms with Crippen LogP contribution in [0.5, 0.6) is 0 Å². The van der Waals surface area contributed by atoms with E-state index in [0.717, 1.165) is 61.8 Å². The summed E-state index contributed by atoms with van der Waals surface area (Å²) in [4.78, 5) is 21.1. The molecule has 7 heteroatoms. The Morgan fingerprint density at radius 3 is 2.55 bits per heavy atom. The van der Waals surface area contributed by atoms with Gasteiger partial charge in [0, 0.05) is 66.2 Å². The summed E-state index contributed by atoms with van der Waals surface area (Å²) in [6, 6.07) is 9.63. The Labute approximate surface area is 192 Å². The molecule has 0 amide bonds. The van der Waals surface area contributed by atoms with Crippen LogP contribution in [-0.2, 0) is 19.5 Å². The fourth-order valence-electron chi connectivity index (χ4n) is 4.18. The van der Waals surface area contributed by atoms with Crippen molar-refractivity contribution in [1.82, 2.24) is 19.9 Å². The summed E-state index contributed by atoms with van der Waals surface area (Å²) < 4.78 is 0. The molecule has 5 nitrogen and oxygen atoms in total. The van der Waals surface area contributed by atoms with Crippen molar-refractivity contribution in [2.45, 2.75) is 38.8 Å². The number of fused-ring (bicyclic) bond motifs is 1. The summed E-state index contributed by atoms with van der Waals surface area (Å²) in [7, 11) is 0. The second kappa shape index (κ2) is 9.03. The van der Waals surface area contributed by atoms with E-state index < -0.39 is 0 Å². The molecule has 0 spiro atoms. The van der Waals surface area contributed by atoms with Crippen molar-refractivity contribution in [2.75, 3.05) is 13.1 Å². The van der Waals surface area contributed by atoms with Gasteiger partial charge in [0.15, 0.2) is 5.82 Å². The molecule has 4 heterocycles. The zero-order chi connectivity index (χ0) is 21.2. The van der Waals surface area contributed by atoms with Crippen molar-refractivity contribution in [2.24, 2.45) is 4.99 Å². The molecule has 5 rings (SSSR count). The molecule has 0 radical (unpaired) electrons. The van der Waals surface area contributed by atoms with Crippen molar-refractivity contribution in [1.29, 1.82) is 0 Å². The zero-order valence-electron chi connectivity index (χ0n) is 17.2. The minimum Gasteiger partial charge on any atom is -0.294 e. The van der Waals surface area contributed by atoms with Gasteiger partial charge in [-0.1, -0.05) is 29.3 Å². The molecule has 158 valence electrons. The SMILES string of the molecule is Clc1cc(Cl)cc(-c2ccc(CN3CCc4nc(C5=NCCCC5)ncc4C3)cn2)c1. The highest BCUT2D eigenvalue weighted by Crippen LogP contribution is 2.26. The van der Waals surface area contributed by atoms with E-state index in [4.69, 9.17) is 28.2 Å². The van der Waals surface area contributed by atoms with Crippen LogP contribution in [0.15, 0.2) is 47.7 Å². The van der Waals surface area contributed by atoms with E-state index in [-0.39, 0.29) is 0 Å². The van der Waals surface area contributed by atoms with Gasteiger partial charge in [-0.2, -0.15) is 0 Å². The molecular formula is C24H23Cl2N5. The van der Waals surface area contributed by atoms with Crippen molar-refractivity contribution in [3.05, 3.63) is 75.4 Å². The number of benzene rings is 1. The van der Waals surface area contributed by atoms with E-state index in [1.807, 2.05) is 30.6 Å². The first-order valence-electron chi connectivity index (χ1n) is 10.7. The maximum Gasteiger partial charge on any atom is 0.173 e. The molecule has 0 N–H and O–H groups in total. The van der Waals surface area contributed by atoms with Crippen molar-refractivity contribution >= 4 is 28.9 Å². The molecule has 2 aliphatic heterocycles. The van der Waals surface area contributed by atoms with Crippen LogP contribution >= 0.6 is 23.2 Å². The maximum atomic E-state index is 6.12. The summed E-state index contributed by atoms with van der Waals surface area (Å²) in [5.74, 6) is 0.827. The molecular weight excluding hydrogens is 429 g/mol. The van der Waals surface area contributed by atoms with E-state index in [1.54, 1.807) is 6.07 Å². The van der Waals surface area contributed by atoms with Crippen LogP contribution in [0.4, 0.5) is 0 Å². The number of hydrogen-bond acceptors (Lipinski definition) is 5. The lowest BCUT2D eigenvalue weighted by atomic mass is 10.0. The van der Waals surface area contributed by atoms with Gasteiger partial charge >= 0.3 is 0 Å². The van der Waals surface area contributed by atoms with Crippen LogP contribution in [0.25, 0.3) is 11.3 Å². The summed E-state index contributed by atoms with van der Waals surface area (Å²) in [5, 5.41) is 1.22. The minimum absolute atomic E-state index is 0.612. The lowest BCUT2D eigenvalue weighted by Gasteiger charge is -2.28. The van der Waals surface area contributed by atoms with Gasteiger partial charge in [-0.25, -0.2) is 9.97 Å². The highest BCUT2D eigenvalue weighted by atomic mass is 35.5. The molecule has 0 fully saturated rings. The second-order valence-corrected chi connectivity index (χ2v) is 8.99. The molecule has 0 atom stereocenters. The van der Waals surface area contributed by atoms with Crippen LogP contribution < -0.4 is 0 Å². The predicted octanol–water partition coefficient (Wildman–Crippen LogP) is 5.38. The maximum absolute atomic E-state index is 6.12. The largest absolute Gasteiger partial charge is 0.294 e. The number of pyridine rings is 1. The van der Waals surface area contributed by atoms with Crippen LogP contribution in [0.3, 0.4) is 0 Å². The summed E-state index contributed by atoms with van der Waals surface area (Å²) in [6.45, 7) is 3.58. The number of halogens is 2. The Bertz CT molecular complexity index is 1110. The molecule has 0 aliphatic carbocycles. The van der Waals surface area contributed by atoms with Crippen LogP contribution in [0, 0.1) is 0 Å². The minimum atomic E-state index is 0.612. The summed E-state index contributed by atoms with van der Waals surface area (Å²) in [5.41, 5.74) is 6.42. The molecule has 31 heavy (non-hydrogen) atoms. The van der Waals surface area contributed by atoms with Gasteiger partial charge < -0.3 is 0 Å². The van der Waals surface area contributed by atoms with E-state index in [9.17, 15) is 0 Å². The molecule has 2 aromatic heterocycles. The van der Waals surface area contributed by atoms with Crippen LogP contribution in [0.1, 0.15) is 41.9 Å². The summed E-state index contributed by atoms with van der Waals surface area (Å²) >= 11 is 12.2. The third kappa shape index (κ3) is 4.79. The molecule has 0 bridgehead atoms. The predicted molar refractivity (Wildman–Crippen MR) is 125 cm³/mol. The quantitative estimate of drug-likeness (QED) is 0.534. The number of aliphatic imine (C=N–C) groups is 1. The first-order chi connectivity index (χ1) is 15.1. The molecule has 3 aromatic rings. The standard InChI is InChI=1S/C24H23Cl2N5/c25-19-9-17(10-20(26)11-19)21-5-4-16(12-28-21)14-31-8-6-22-18(15-31)13-29-24(30-22)23-3-1-2-7-27-23/h4-5,9-13H,1-3,6-8,14-15H2. The Morgan fingerprint density at radius 2 is 1.81 bits per heavy atom. The Kier molecular flexibility index (Phi) is 5.99. The molecule has 2 aliphatic rings. The number of rotatable bonds is 4. The van der Waals surface area contributed by atoms with E-state index in [0.29, 0.717) is 10.0 Å². The average Bonchev–Trinajstić information content (AvgIpc) is 2.79. The fraction of sp³-hybridized carbons (Fsp3) is 0.333. The Hall–Kier alpha value is -2.34. The normalized spacial score (nSPS) is 16.6. The van der Waals surface area contributed by atoms with Gasteiger partial charge in [-0.05, 0) is 49.1 Å². The van der Waals surface area contributed by atoms with E-state index in [1.165, 1.54) is 29.7 Å². The lowest BCUT2D eigenvalue weighted by Crippen LogP contribution is -2.31. The zero-order valence-corrected chi connectivity index (χ0v) is 18.7. The molecule has 0 saturated heterocycles. The molecule has 0 saturated carbocycles. The lowest BCUT2D eigenvalue weighted by molar-refractivity contribution is 0.242. The van der Waals surface area contributed by atoms with Gasteiger partial charge in [0.25, 0.3) is 0 Å². The van der Waals surface area contributed by atoms with Crippen molar-refractivity contribution in [3.63, 3.8) is 0 Å². The topological polar surface area (TPSA) is 54.3 Å². The first-order valence-corrected chi connectivity index (χ1v) is 11.4. The molecule has 1 aromatic carbocycles. The number of nitrogens with zero attached hydrogens (tertiary/aromatic N) is 5. The van der Waals surface area contributed by atoms with Gasteiger partial charge in [0.05, 0.1) is 17.1 Å². The van der Waals surface area contributed by atoms with Gasteiger partial charge in [-0.15, -0.1) is 0 Å². The van der Waals surface area contributed by atoms with Crippen molar-refractivity contribution < 1.29 is 0 Å². The molecule has 0 unspecified atom stereocenters. The van der Waals surface area contributed by atoms with Crippen molar-refractivity contribution in [3.8, 4) is 11.3 Å². The first kappa shape index (κ1) is 20.6. The number of hydrogen-bond donors (Lipinski definition) is 0. The highest BCUT2D eigenvalue weighted by molar-refractivity contribution is 6.35. The van der Waals surface area contributed by atoms with E-state index >= 15 is 0 Å². The summed E-state index contributed by atoms with van der Waals surface area (Å²) in [6.07, 6.45) is 8.21. The number of aromatic nitrogens is 3. The third-order valence-electron chi connectivity index (χ3n) is 5.78. The monoisotopic (exact) mass is 451 g/mol. The fourth-order valence-corrected chi connectivity index (χ4v) is 4.70.